The lowest BCUT2D eigenvalue weighted by Gasteiger charge is -2.14. The fourth-order valence-electron chi connectivity index (χ4n) is 1.72. The molecule has 0 aliphatic rings. The molecule has 0 fully saturated rings. The molecule has 0 spiro atoms. The highest BCUT2D eigenvalue weighted by Gasteiger charge is 2.14. The van der Waals surface area contributed by atoms with Crippen LogP contribution in [0.5, 0.6) is 0 Å². The molecule has 2 aromatic rings. The average Bonchev–Trinajstić information content (AvgIpc) is 2.85. The van der Waals surface area contributed by atoms with E-state index in [4.69, 9.17) is 0 Å². The smallest absolute Gasteiger partial charge is 0.225 e. The number of thiazole rings is 1. The molecule has 0 radical (unpaired) electrons. The minimum absolute atomic E-state index is 0.0234. The lowest BCUT2D eigenvalue weighted by Crippen LogP contribution is -2.28. The zero-order valence-corrected chi connectivity index (χ0v) is 11.9. The lowest BCUT2D eigenvalue weighted by atomic mass is 10.1. The predicted molar refractivity (Wildman–Crippen MR) is 80.5 cm³/mol. The number of rotatable bonds is 4. The highest BCUT2D eigenvalue weighted by Crippen LogP contribution is 2.27. The minimum atomic E-state index is -0.0234. The molecular formula is C15H16N2OS. The molecule has 0 aliphatic carbocycles. The Hall–Kier alpha value is -1.94. The van der Waals surface area contributed by atoms with Crippen LogP contribution in [0.4, 0.5) is 5.13 Å². The highest BCUT2D eigenvalue weighted by molar-refractivity contribution is 7.14. The molecular weight excluding hydrogens is 256 g/mol. The van der Waals surface area contributed by atoms with Gasteiger partial charge in [0.15, 0.2) is 5.13 Å². The number of amides is 1. The molecule has 98 valence electrons. The van der Waals surface area contributed by atoms with Crippen LogP contribution in [0.25, 0.3) is 11.3 Å². The first-order valence-electron chi connectivity index (χ1n) is 6.03. The number of hydrogen-bond acceptors (Lipinski definition) is 3. The Bertz CT molecular complexity index is 586. The van der Waals surface area contributed by atoms with Crippen molar-refractivity contribution in [2.75, 3.05) is 11.4 Å². The number of nitrogens with zero attached hydrogens (tertiary/aromatic N) is 2. The molecule has 4 heteroatoms. The highest BCUT2D eigenvalue weighted by atomic mass is 32.1. The van der Waals surface area contributed by atoms with Crippen molar-refractivity contribution in [3.05, 3.63) is 47.9 Å². The van der Waals surface area contributed by atoms with Gasteiger partial charge in [0.05, 0.1) is 5.69 Å². The standard InChI is InChI=1S/C15H16N2OS/c1-4-9-17(12(3)18)15-16-14(10-19-15)13-7-5-11(2)6-8-13/h4-8,10H,1,9H2,2-3H3. The maximum Gasteiger partial charge on any atom is 0.225 e. The predicted octanol–water partition coefficient (Wildman–Crippen LogP) is 3.66. The molecule has 0 saturated heterocycles. The number of hydrogen-bond donors (Lipinski definition) is 0. The Morgan fingerprint density at radius 3 is 2.68 bits per heavy atom. The number of aryl methyl sites for hydroxylation is 1. The molecule has 0 aliphatic heterocycles. The van der Waals surface area contributed by atoms with Crippen molar-refractivity contribution in [3.63, 3.8) is 0 Å². The van der Waals surface area contributed by atoms with Crippen LogP contribution in [0.3, 0.4) is 0 Å². The maximum atomic E-state index is 11.6. The first-order valence-corrected chi connectivity index (χ1v) is 6.91. The van der Waals surface area contributed by atoms with E-state index < -0.39 is 0 Å². The van der Waals surface area contributed by atoms with Crippen LogP contribution in [0.1, 0.15) is 12.5 Å². The van der Waals surface area contributed by atoms with Gasteiger partial charge in [-0.25, -0.2) is 4.98 Å². The molecule has 1 heterocycles. The van der Waals surface area contributed by atoms with Gasteiger partial charge in [-0.3, -0.25) is 9.69 Å². The van der Waals surface area contributed by atoms with E-state index in [0.29, 0.717) is 11.7 Å². The second-order valence-corrected chi connectivity index (χ2v) is 5.14. The van der Waals surface area contributed by atoms with Crippen molar-refractivity contribution >= 4 is 22.4 Å². The average molecular weight is 272 g/mol. The molecule has 1 aromatic carbocycles. The van der Waals surface area contributed by atoms with Crippen molar-refractivity contribution in [3.8, 4) is 11.3 Å². The Morgan fingerprint density at radius 2 is 2.11 bits per heavy atom. The normalized spacial score (nSPS) is 10.2. The third-order valence-electron chi connectivity index (χ3n) is 2.76. The summed E-state index contributed by atoms with van der Waals surface area (Å²) in [6.45, 7) is 7.74. The van der Waals surface area contributed by atoms with Crippen molar-refractivity contribution in [2.45, 2.75) is 13.8 Å². The number of benzene rings is 1. The van der Waals surface area contributed by atoms with E-state index in [9.17, 15) is 4.79 Å². The summed E-state index contributed by atoms with van der Waals surface area (Å²) >= 11 is 1.47. The second kappa shape index (κ2) is 5.80. The van der Waals surface area contributed by atoms with Crippen molar-refractivity contribution in [1.29, 1.82) is 0 Å². The van der Waals surface area contributed by atoms with E-state index in [1.165, 1.54) is 23.8 Å². The van der Waals surface area contributed by atoms with E-state index in [1.54, 1.807) is 11.0 Å². The topological polar surface area (TPSA) is 33.2 Å². The molecule has 0 N–H and O–H groups in total. The molecule has 1 amide bonds. The fourth-order valence-corrected chi connectivity index (χ4v) is 2.60. The number of anilines is 1. The van der Waals surface area contributed by atoms with Gasteiger partial charge in [-0.15, -0.1) is 17.9 Å². The van der Waals surface area contributed by atoms with Crippen LogP contribution >= 0.6 is 11.3 Å². The van der Waals surface area contributed by atoms with Gasteiger partial charge in [0.1, 0.15) is 0 Å². The van der Waals surface area contributed by atoms with Crippen LogP contribution in [0.2, 0.25) is 0 Å². The maximum absolute atomic E-state index is 11.6. The van der Waals surface area contributed by atoms with Gasteiger partial charge in [0.25, 0.3) is 0 Å². The Kier molecular flexibility index (Phi) is 4.12. The van der Waals surface area contributed by atoms with Crippen molar-refractivity contribution < 1.29 is 4.79 Å². The number of carbonyl (C=O) groups is 1. The van der Waals surface area contributed by atoms with Gasteiger partial charge in [-0.2, -0.15) is 0 Å². The van der Waals surface area contributed by atoms with Crippen LogP contribution in [-0.4, -0.2) is 17.4 Å². The molecule has 19 heavy (non-hydrogen) atoms. The second-order valence-electron chi connectivity index (χ2n) is 4.30. The van der Waals surface area contributed by atoms with E-state index in [0.717, 1.165) is 11.3 Å². The molecule has 2 rings (SSSR count). The summed E-state index contributed by atoms with van der Waals surface area (Å²) in [5, 5.41) is 2.68. The minimum Gasteiger partial charge on any atom is -0.284 e. The molecule has 0 atom stereocenters. The van der Waals surface area contributed by atoms with Crippen molar-refractivity contribution in [1.82, 2.24) is 4.98 Å². The molecule has 3 nitrogen and oxygen atoms in total. The van der Waals surface area contributed by atoms with Crippen LogP contribution in [0, 0.1) is 6.92 Å². The monoisotopic (exact) mass is 272 g/mol. The molecule has 0 saturated carbocycles. The summed E-state index contributed by atoms with van der Waals surface area (Å²) in [4.78, 5) is 17.7. The van der Waals surface area contributed by atoms with Gasteiger partial charge in [-0.1, -0.05) is 35.9 Å². The van der Waals surface area contributed by atoms with E-state index >= 15 is 0 Å². The zero-order valence-electron chi connectivity index (χ0n) is 11.1. The summed E-state index contributed by atoms with van der Waals surface area (Å²) in [6.07, 6.45) is 1.70. The van der Waals surface area contributed by atoms with Crippen molar-refractivity contribution in [2.24, 2.45) is 0 Å². The number of carbonyl (C=O) groups excluding carboxylic acids is 1. The van der Waals surface area contributed by atoms with E-state index in [2.05, 4.69) is 30.6 Å². The van der Waals surface area contributed by atoms with Crippen LogP contribution in [-0.2, 0) is 4.79 Å². The SMILES string of the molecule is C=CCN(C(C)=O)c1nc(-c2ccc(C)cc2)cs1. The summed E-state index contributed by atoms with van der Waals surface area (Å²) in [5.41, 5.74) is 3.18. The Balaban J connectivity index is 2.29. The molecule has 0 unspecified atom stereocenters. The van der Waals surface area contributed by atoms with Crippen LogP contribution in [0.15, 0.2) is 42.3 Å². The first-order chi connectivity index (χ1) is 9.11. The van der Waals surface area contributed by atoms with Gasteiger partial charge in [-0.05, 0) is 6.92 Å². The van der Waals surface area contributed by atoms with Gasteiger partial charge >= 0.3 is 0 Å². The Morgan fingerprint density at radius 1 is 1.42 bits per heavy atom. The first kappa shape index (κ1) is 13.5. The van der Waals surface area contributed by atoms with Gasteiger partial charge < -0.3 is 0 Å². The van der Waals surface area contributed by atoms with Gasteiger partial charge in [0.2, 0.25) is 5.91 Å². The lowest BCUT2D eigenvalue weighted by molar-refractivity contribution is -0.116. The quantitative estimate of drug-likeness (QED) is 0.796. The van der Waals surface area contributed by atoms with E-state index in [-0.39, 0.29) is 5.91 Å². The summed E-state index contributed by atoms with van der Waals surface area (Å²) in [7, 11) is 0. The van der Waals surface area contributed by atoms with Crippen LogP contribution < -0.4 is 4.90 Å². The Labute approximate surface area is 117 Å². The fraction of sp³-hybridized carbons (Fsp3) is 0.200. The third-order valence-corrected chi connectivity index (χ3v) is 3.63. The number of aromatic nitrogens is 1. The summed E-state index contributed by atoms with van der Waals surface area (Å²) in [6, 6.07) is 8.20. The molecule has 1 aromatic heterocycles. The zero-order chi connectivity index (χ0) is 13.8. The largest absolute Gasteiger partial charge is 0.284 e. The third kappa shape index (κ3) is 3.09. The molecule has 0 bridgehead atoms. The van der Waals surface area contributed by atoms with E-state index in [1.807, 2.05) is 17.5 Å². The summed E-state index contributed by atoms with van der Waals surface area (Å²) < 4.78 is 0. The summed E-state index contributed by atoms with van der Waals surface area (Å²) in [5.74, 6) is -0.0234. The van der Waals surface area contributed by atoms with Gasteiger partial charge in [0, 0.05) is 24.4 Å².